The Hall–Kier alpha value is -4.31. The largest absolute Gasteiger partial charge is 0.457 e. The number of nitrogens with zero attached hydrogens (tertiary/aromatic N) is 1. The molecule has 0 fully saturated rings. The summed E-state index contributed by atoms with van der Waals surface area (Å²) >= 11 is 6.15. The van der Waals surface area contributed by atoms with Crippen LogP contribution in [0.3, 0.4) is 0 Å². The van der Waals surface area contributed by atoms with Crippen LogP contribution >= 0.6 is 11.6 Å². The molecule has 0 bridgehead atoms. The molecule has 0 unspecified atom stereocenters. The first-order chi connectivity index (χ1) is 17.0. The fraction of sp³-hybridized carbons (Fsp3) is 0.200. The molecule has 2 aromatic carbocycles. The van der Waals surface area contributed by atoms with E-state index in [9.17, 15) is 14.4 Å². The Morgan fingerprint density at radius 2 is 1.53 bits per heavy atom. The first-order valence-electron chi connectivity index (χ1n) is 10.9. The number of benzene rings is 2. The smallest absolute Gasteiger partial charge is 0.412 e. The molecule has 0 aliphatic carbocycles. The van der Waals surface area contributed by atoms with E-state index >= 15 is 0 Å². The maximum absolute atomic E-state index is 12.5. The first-order valence-corrected chi connectivity index (χ1v) is 11.2. The van der Waals surface area contributed by atoms with Crippen molar-refractivity contribution >= 4 is 46.7 Å². The minimum atomic E-state index is -0.667. The molecule has 4 amide bonds. The van der Waals surface area contributed by atoms with E-state index in [2.05, 4.69) is 26.3 Å². The third-order valence-corrected chi connectivity index (χ3v) is 4.73. The van der Waals surface area contributed by atoms with Crippen molar-refractivity contribution in [3.8, 4) is 11.5 Å². The van der Waals surface area contributed by atoms with Crippen molar-refractivity contribution < 1.29 is 23.9 Å². The second-order valence-electron chi connectivity index (χ2n) is 8.48. The molecule has 0 spiro atoms. The van der Waals surface area contributed by atoms with Crippen LogP contribution < -0.4 is 26.0 Å². The van der Waals surface area contributed by atoms with Gasteiger partial charge in [-0.25, -0.2) is 9.59 Å². The number of anilines is 3. The van der Waals surface area contributed by atoms with E-state index in [1.54, 1.807) is 63.2 Å². The first kappa shape index (κ1) is 26.3. The van der Waals surface area contributed by atoms with Crippen molar-refractivity contribution in [3.63, 3.8) is 0 Å². The van der Waals surface area contributed by atoms with Crippen LogP contribution in [-0.4, -0.2) is 35.7 Å². The van der Waals surface area contributed by atoms with Gasteiger partial charge in [-0.1, -0.05) is 11.6 Å². The van der Waals surface area contributed by atoms with Crippen LogP contribution in [0.1, 0.15) is 31.3 Å². The zero-order valence-electron chi connectivity index (χ0n) is 20.1. The fourth-order valence-corrected chi connectivity index (χ4v) is 3.04. The van der Waals surface area contributed by atoms with Gasteiger partial charge in [-0.15, -0.1) is 0 Å². The van der Waals surface area contributed by atoms with Gasteiger partial charge in [-0.3, -0.25) is 15.1 Å². The third-order valence-electron chi connectivity index (χ3n) is 4.40. The number of hydrogen-bond donors (Lipinski definition) is 4. The molecular formula is C25H26ClN5O5. The highest BCUT2D eigenvalue weighted by Crippen LogP contribution is 2.27. The zero-order valence-corrected chi connectivity index (χ0v) is 20.9. The Labute approximate surface area is 213 Å². The van der Waals surface area contributed by atoms with Gasteiger partial charge in [0.15, 0.2) is 0 Å². The molecule has 0 aliphatic heterocycles. The van der Waals surface area contributed by atoms with Gasteiger partial charge in [0.2, 0.25) is 0 Å². The predicted octanol–water partition coefficient (Wildman–Crippen LogP) is 5.88. The van der Waals surface area contributed by atoms with Crippen molar-refractivity contribution in [1.82, 2.24) is 10.3 Å². The SMILES string of the molecule is CNC(=O)c1cc(Oc2ccc(NC(=O)Nc3ccc(Cl)c(NC(=O)OC(C)(C)C)c3)cc2)ccn1. The summed E-state index contributed by atoms with van der Waals surface area (Å²) in [4.78, 5) is 40.2. The highest BCUT2D eigenvalue weighted by molar-refractivity contribution is 6.33. The lowest BCUT2D eigenvalue weighted by atomic mass is 10.2. The molecule has 3 rings (SSSR count). The standard InChI is InChI=1S/C25H26ClN5O5/c1-25(2,3)36-24(34)31-20-13-16(7-10-19(20)26)30-23(33)29-15-5-8-17(9-6-15)35-18-11-12-28-21(14-18)22(32)27-4/h5-14H,1-4H3,(H,27,32)(H,31,34)(H2,29,30,33). The second kappa shape index (κ2) is 11.4. The molecule has 36 heavy (non-hydrogen) atoms. The van der Waals surface area contributed by atoms with Crippen LogP contribution in [0.2, 0.25) is 5.02 Å². The minimum absolute atomic E-state index is 0.233. The molecule has 1 heterocycles. The van der Waals surface area contributed by atoms with Crippen molar-refractivity contribution in [1.29, 1.82) is 0 Å². The van der Waals surface area contributed by atoms with Gasteiger partial charge >= 0.3 is 12.1 Å². The molecule has 188 valence electrons. The van der Waals surface area contributed by atoms with E-state index in [1.807, 2.05) is 0 Å². The number of amides is 4. The summed E-state index contributed by atoms with van der Waals surface area (Å²) in [6, 6.07) is 14.0. The number of urea groups is 1. The number of carbonyl (C=O) groups excluding carboxylic acids is 3. The molecule has 4 N–H and O–H groups in total. The summed E-state index contributed by atoms with van der Waals surface area (Å²) in [5.41, 5.74) is 0.784. The predicted molar refractivity (Wildman–Crippen MR) is 138 cm³/mol. The van der Waals surface area contributed by atoms with Gasteiger partial charge < -0.3 is 25.4 Å². The van der Waals surface area contributed by atoms with Gasteiger partial charge in [0.05, 0.1) is 10.7 Å². The number of pyridine rings is 1. The summed E-state index contributed by atoms with van der Waals surface area (Å²) in [5, 5.41) is 10.7. The lowest BCUT2D eigenvalue weighted by molar-refractivity contribution is 0.0635. The summed E-state index contributed by atoms with van der Waals surface area (Å²) in [7, 11) is 1.52. The van der Waals surface area contributed by atoms with Crippen LogP contribution in [0.15, 0.2) is 60.8 Å². The Bertz CT molecular complexity index is 1260. The number of halogens is 1. The molecule has 1 aromatic heterocycles. The monoisotopic (exact) mass is 511 g/mol. The van der Waals surface area contributed by atoms with Crippen molar-refractivity contribution in [3.05, 3.63) is 71.5 Å². The molecule has 3 aromatic rings. The second-order valence-corrected chi connectivity index (χ2v) is 8.89. The number of nitrogens with one attached hydrogen (secondary N) is 4. The van der Waals surface area contributed by atoms with Crippen LogP contribution in [0.4, 0.5) is 26.7 Å². The Morgan fingerprint density at radius 1 is 0.861 bits per heavy atom. The Morgan fingerprint density at radius 3 is 2.19 bits per heavy atom. The van der Waals surface area contributed by atoms with Crippen LogP contribution in [0.25, 0.3) is 0 Å². The van der Waals surface area contributed by atoms with Gasteiger partial charge in [-0.2, -0.15) is 0 Å². The molecule has 0 saturated carbocycles. The van der Waals surface area contributed by atoms with Gasteiger partial charge in [-0.05, 0) is 69.3 Å². The molecular weight excluding hydrogens is 486 g/mol. The van der Waals surface area contributed by atoms with Crippen molar-refractivity contribution in [2.45, 2.75) is 26.4 Å². The third kappa shape index (κ3) is 7.88. The average Bonchev–Trinajstić information content (AvgIpc) is 2.81. The quantitative estimate of drug-likeness (QED) is 0.327. The summed E-state index contributed by atoms with van der Waals surface area (Å²) in [5.74, 6) is 0.630. The molecule has 10 nitrogen and oxygen atoms in total. The van der Waals surface area contributed by atoms with E-state index < -0.39 is 17.7 Å². The maximum Gasteiger partial charge on any atom is 0.412 e. The van der Waals surface area contributed by atoms with Gasteiger partial charge in [0, 0.05) is 30.7 Å². The molecule has 0 saturated heterocycles. The van der Waals surface area contributed by atoms with Crippen LogP contribution in [0.5, 0.6) is 11.5 Å². The Balaban J connectivity index is 1.59. The minimum Gasteiger partial charge on any atom is -0.457 e. The zero-order chi connectivity index (χ0) is 26.3. The lowest BCUT2D eigenvalue weighted by Crippen LogP contribution is -2.27. The fourth-order valence-electron chi connectivity index (χ4n) is 2.88. The van der Waals surface area contributed by atoms with E-state index in [0.29, 0.717) is 33.6 Å². The Kier molecular flexibility index (Phi) is 8.34. The number of carbonyl (C=O) groups is 3. The van der Waals surface area contributed by atoms with Gasteiger partial charge in [0.25, 0.3) is 5.91 Å². The molecule has 11 heteroatoms. The van der Waals surface area contributed by atoms with Crippen molar-refractivity contribution in [2.75, 3.05) is 23.0 Å². The topological polar surface area (TPSA) is 131 Å². The molecule has 0 aliphatic rings. The van der Waals surface area contributed by atoms with Gasteiger partial charge in [0.1, 0.15) is 22.8 Å². The number of aromatic nitrogens is 1. The summed E-state index contributed by atoms with van der Waals surface area (Å²) in [6.07, 6.45) is 0.815. The van der Waals surface area contributed by atoms with E-state index in [-0.39, 0.29) is 11.6 Å². The van der Waals surface area contributed by atoms with Crippen molar-refractivity contribution in [2.24, 2.45) is 0 Å². The number of rotatable bonds is 6. The maximum atomic E-state index is 12.5. The molecule has 0 radical (unpaired) electrons. The molecule has 0 atom stereocenters. The number of ether oxygens (including phenoxy) is 2. The lowest BCUT2D eigenvalue weighted by Gasteiger charge is -2.20. The number of hydrogen-bond acceptors (Lipinski definition) is 6. The van der Waals surface area contributed by atoms with E-state index in [4.69, 9.17) is 21.1 Å². The van der Waals surface area contributed by atoms with Crippen LogP contribution in [0, 0.1) is 0 Å². The average molecular weight is 512 g/mol. The highest BCUT2D eigenvalue weighted by Gasteiger charge is 2.17. The highest BCUT2D eigenvalue weighted by atomic mass is 35.5. The summed E-state index contributed by atoms with van der Waals surface area (Å²) in [6.45, 7) is 5.24. The van der Waals surface area contributed by atoms with Crippen LogP contribution in [-0.2, 0) is 4.74 Å². The van der Waals surface area contributed by atoms with E-state index in [0.717, 1.165) is 0 Å². The normalized spacial score (nSPS) is 10.7. The van der Waals surface area contributed by atoms with E-state index in [1.165, 1.54) is 25.4 Å². The summed E-state index contributed by atoms with van der Waals surface area (Å²) < 4.78 is 11.0.